The Labute approximate surface area is 84.0 Å². The molecule has 0 aliphatic rings. The number of hydrogen-bond donors (Lipinski definition) is 1. The summed E-state index contributed by atoms with van der Waals surface area (Å²) >= 11 is 0. The Morgan fingerprint density at radius 3 is 2.64 bits per heavy atom. The van der Waals surface area contributed by atoms with Crippen LogP contribution in [0.5, 0.6) is 0 Å². The topological polar surface area (TPSA) is 32.3 Å². The van der Waals surface area contributed by atoms with Crippen LogP contribution in [0.3, 0.4) is 0 Å². The Balaban J connectivity index is 2.82. The number of hydrogen-bond acceptors (Lipinski definition) is 1. The highest BCUT2D eigenvalue weighted by Crippen LogP contribution is 2.12. The van der Waals surface area contributed by atoms with E-state index in [1.54, 1.807) is 4.90 Å². The van der Waals surface area contributed by atoms with Gasteiger partial charge < -0.3 is 5.32 Å². The first kappa shape index (κ1) is 10.3. The molecule has 0 heterocycles. The van der Waals surface area contributed by atoms with E-state index in [4.69, 9.17) is 0 Å². The number of benzene rings is 1. The third-order valence-electron chi connectivity index (χ3n) is 1.85. The Bertz CT molecular complexity index is 308. The van der Waals surface area contributed by atoms with Crippen LogP contribution in [0.1, 0.15) is 6.92 Å². The minimum absolute atomic E-state index is 0.159. The molecule has 1 aromatic rings. The van der Waals surface area contributed by atoms with Gasteiger partial charge in [-0.15, -0.1) is 0 Å². The van der Waals surface area contributed by atoms with Crippen LogP contribution in [0, 0.1) is 0 Å². The van der Waals surface area contributed by atoms with E-state index in [-0.39, 0.29) is 6.03 Å². The van der Waals surface area contributed by atoms with Gasteiger partial charge >= 0.3 is 6.03 Å². The zero-order chi connectivity index (χ0) is 10.4. The molecule has 3 nitrogen and oxygen atoms in total. The second-order valence-electron chi connectivity index (χ2n) is 2.73. The van der Waals surface area contributed by atoms with Gasteiger partial charge in [-0.3, -0.25) is 4.90 Å². The summed E-state index contributed by atoms with van der Waals surface area (Å²) < 4.78 is 0. The molecule has 0 aliphatic carbocycles. The summed E-state index contributed by atoms with van der Waals surface area (Å²) in [5.41, 5.74) is 0.884. The van der Waals surface area contributed by atoms with Gasteiger partial charge in [0.05, 0.1) is 0 Å². The van der Waals surface area contributed by atoms with Gasteiger partial charge in [0.1, 0.15) is 0 Å². The quantitative estimate of drug-likeness (QED) is 0.779. The van der Waals surface area contributed by atoms with Crippen molar-refractivity contribution in [3.63, 3.8) is 0 Å². The largest absolute Gasteiger partial charge is 0.325 e. The number of carbonyl (C=O) groups is 1. The number of para-hydroxylation sites is 1. The molecular weight excluding hydrogens is 176 g/mol. The maximum atomic E-state index is 11.5. The molecule has 0 radical (unpaired) electrons. The van der Waals surface area contributed by atoms with Gasteiger partial charge in [-0.2, -0.15) is 0 Å². The molecule has 1 rings (SSSR count). The lowest BCUT2D eigenvalue weighted by molar-refractivity contribution is 0.249. The molecule has 0 atom stereocenters. The minimum atomic E-state index is -0.159. The summed E-state index contributed by atoms with van der Waals surface area (Å²) in [4.78, 5) is 13.2. The molecule has 0 aromatic heterocycles. The Morgan fingerprint density at radius 1 is 1.50 bits per heavy atom. The first-order valence-electron chi connectivity index (χ1n) is 4.53. The Hall–Kier alpha value is -1.77. The summed E-state index contributed by atoms with van der Waals surface area (Å²) in [5.74, 6) is 0. The van der Waals surface area contributed by atoms with Gasteiger partial charge in [-0.25, -0.2) is 4.79 Å². The van der Waals surface area contributed by atoms with E-state index in [0.717, 1.165) is 5.69 Å². The van der Waals surface area contributed by atoms with Gasteiger partial charge in [-0.05, 0) is 25.3 Å². The lowest BCUT2D eigenvalue weighted by Crippen LogP contribution is -2.37. The number of anilines is 1. The van der Waals surface area contributed by atoms with Gasteiger partial charge in [0.25, 0.3) is 0 Å². The molecule has 3 heteroatoms. The van der Waals surface area contributed by atoms with Crippen LogP contribution in [-0.4, -0.2) is 12.6 Å². The first-order valence-corrected chi connectivity index (χ1v) is 4.53. The average Bonchev–Trinajstić information content (AvgIpc) is 2.21. The molecule has 74 valence electrons. The standard InChI is InChI=1S/C11H14N2O/c1-3-12-11(14)13(4-2)10-8-6-5-7-9-10/h3,5-9H,1,4H2,2H3,(H,12,14). The summed E-state index contributed by atoms with van der Waals surface area (Å²) in [6, 6.07) is 9.35. The summed E-state index contributed by atoms with van der Waals surface area (Å²) in [7, 11) is 0. The fraction of sp³-hybridized carbons (Fsp3) is 0.182. The van der Waals surface area contributed by atoms with Crippen LogP contribution in [0.15, 0.2) is 43.1 Å². The minimum Gasteiger partial charge on any atom is -0.315 e. The molecule has 0 fully saturated rings. The molecule has 0 bridgehead atoms. The molecule has 2 amide bonds. The molecule has 1 aromatic carbocycles. The maximum absolute atomic E-state index is 11.5. The predicted molar refractivity (Wildman–Crippen MR) is 58.2 cm³/mol. The van der Waals surface area contributed by atoms with E-state index in [1.807, 2.05) is 37.3 Å². The number of urea groups is 1. The van der Waals surface area contributed by atoms with Gasteiger partial charge in [0, 0.05) is 12.2 Å². The van der Waals surface area contributed by atoms with Crippen molar-refractivity contribution in [2.45, 2.75) is 6.92 Å². The third kappa shape index (κ3) is 2.36. The van der Waals surface area contributed by atoms with E-state index in [2.05, 4.69) is 11.9 Å². The van der Waals surface area contributed by atoms with Crippen molar-refractivity contribution in [2.75, 3.05) is 11.4 Å². The van der Waals surface area contributed by atoms with E-state index in [9.17, 15) is 4.79 Å². The zero-order valence-electron chi connectivity index (χ0n) is 8.23. The highest BCUT2D eigenvalue weighted by Gasteiger charge is 2.10. The Kier molecular flexibility index (Phi) is 3.73. The summed E-state index contributed by atoms with van der Waals surface area (Å²) in [5, 5.41) is 2.55. The molecule has 0 aliphatic heterocycles. The van der Waals surface area contributed by atoms with Crippen molar-refractivity contribution in [1.82, 2.24) is 5.32 Å². The van der Waals surface area contributed by atoms with Gasteiger partial charge in [0.15, 0.2) is 0 Å². The van der Waals surface area contributed by atoms with Crippen LogP contribution < -0.4 is 10.2 Å². The molecule has 1 N–H and O–H groups in total. The average molecular weight is 190 g/mol. The predicted octanol–water partition coefficient (Wildman–Crippen LogP) is 2.37. The summed E-state index contributed by atoms with van der Waals surface area (Å²) in [6.07, 6.45) is 1.38. The van der Waals surface area contributed by atoms with E-state index < -0.39 is 0 Å². The van der Waals surface area contributed by atoms with Crippen LogP contribution in [0.25, 0.3) is 0 Å². The molecular formula is C11H14N2O. The van der Waals surface area contributed by atoms with Crippen LogP contribution in [0.2, 0.25) is 0 Å². The second kappa shape index (κ2) is 5.07. The van der Waals surface area contributed by atoms with Crippen molar-refractivity contribution < 1.29 is 4.79 Å². The molecule has 14 heavy (non-hydrogen) atoms. The van der Waals surface area contributed by atoms with Crippen molar-refractivity contribution in [2.24, 2.45) is 0 Å². The second-order valence-corrected chi connectivity index (χ2v) is 2.73. The zero-order valence-corrected chi connectivity index (χ0v) is 8.23. The van der Waals surface area contributed by atoms with Gasteiger partial charge in [-0.1, -0.05) is 24.8 Å². The van der Waals surface area contributed by atoms with Crippen molar-refractivity contribution in [3.8, 4) is 0 Å². The molecule has 0 saturated carbocycles. The number of nitrogens with zero attached hydrogens (tertiary/aromatic N) is 1. The molecule has 0 spiro atoms. The Morgan fingerprint density at radius 2 is 2.14 bits per heavy atom. The number of carbonyl (C=O) groups excluding carboxylic acids is 1. The van der Waals surface area contributed by atoms with Crippen molar-refractivity contribution >= 4 is 11.7 Å². The highest BCUT2D eigenvalue weighted by molar-refractivity contribution is 5.92. The third-order valence-corrected chi connectivity index (χ3v) is 1.85. The fourth-order valence-corrected chi connectivity index (χ4v) is 1.22. The lowest BCUT2D eigenvalue weighted by Gasteiger charge is -2.20. The monoisotopic (exact) mass is 190 g/mol. The van der Waals surface area contributed by atoms with Crippen LogP contribution >= 0.6 is 0 Å². The number of nitrogens with one attached hydrogen (secondary N) is 1. The number of rotatable bonds is 3. The van der Waals surface area contributed by atoms with E-state index in [0.29, 0.717) is 6.54 Å². The van der Waals surface area contributed by atoms with Crippen LogP contribution in [0.4, 0.5) is 10.5 Å². The van der Waals surface area contributed by atoms with E-state index in [1.165, 1.54) is 6.20 Å². The first-order chi connectivity index (χ1) is 6.79. The summed E-state index contributed by atoms with van der Waals surface area (Å²) in [6.45, 7) is 6.01. The smallest absolute Gasteiger partial charge is 0.315 e. The van der Waals surface area contributed by atoms with Crippen LogP contribution in [-0.2, 0) is 0 Å². The molecule has 0 unspecified atom stereocenters. The fourth-order valence-electron chi connectivity index (χ4n) is 1.22. The van der Waals surface area contributed by atoms with Gasteiger partial charge in [0.2, 0.25) is 0 Å². The lowest BCUT2D eigenvalue weighted by atomic mass is 10.3. The SMILES string of the molecule is C=CNC(=O)N(CC)c1ccccc1. The highest BCUT2D eigenvalue weighted by atomic mass is 16.2. The van der Waals surface area contributed by atoms with E-state index >= 15 is 0 Å². The molecule has 0 saturated heterocycles. The van der Waals surface area contributed by atoms with Crippen molar-refractivity contribution in [3.05, 3.63) is 43.1 Å². The normalized spacial score (nSPS) is 9.21. The van der Waals surface area contributed by atoms with Crippen molar-refractivity contribution in [1.29, 1.82) is 0 Å². The number of amides is 2. The maximum Gasteiger partial charge on any atom is 0.325 e.